The van der Waals surface area contributed by atoms with E-state index < -0.39 is 36.1 Å². The second-order valence-corrected chi connectivity index (χ2v) is 2.62. The zero-order valence-corrected chi connectivity index (χ0v) is 5.88. The molecule has 0 saturated carbocycles. The summed E-state index contributed by atoms with van der Waals surface area (Å²) in [7, 11) is 0. The summed E-state index contributed by atoms with van der Waals surface area (Å²) in [6.07, 6.45) is -5.42. The highest BCUT2D eigenvalue weighted by Crippen LogP contribution is 2.48. The molecule has 1 rings (SSSR count). The third-order valence-corrected chi connectivity index (χ3v) is 1.62. The van der Waals surface area contributed by atoms with Crippen molar-refractivity contribution in [2.24, 2.45) is 0 Å². The van der Waals surface area contributed by atoms with Crippen molar-refractivity contribution < 1.29 is 30.7 Å². The molecule has 1 aliphatic rings. The molecule has 1 aliphatic carbocycles. The molecule has 0 radical (unpaired) electrons. The lowest BCUT2D eigenvalue weighted by Crippen LogP contribution is -2.56. The molecule has 7 heteroatoms. The minimum absolute atomic E-state index is 0.547. The molecule has 0 aromatic rings. The molecule has 1 atom stereocenters. The van der Waals surface area contributed by atoms with Crippen LogP contribution in [0.15, 0.2) is 12.2 Å². The highest BCUT2D eigenvalue weighted by atomic mass is 19.3. The molecule has 0 saturated heterocycles. The van der Waals surface area contributed by atoms with Crippen LogP contribution in [0.1, 0.15) is 0 Å². The Kier molecular flexibility index (Phi) is 1.90. The highest BCUT2D eigenvalue weighted by molar-refractivity contribution is 5.19. The van der Waals surface area contributed by atoms with E-state index in [1.165, 1.54) is 0 Å². The topological polar surface area (TPSA) is 0 Å². The molecular formula is C6H3F7. The summed E-state index contributed by atoms with van der Waals surface area (Å²) in [4.78, 5) is 0. The monoisotopic (exact) mass is 208 g/mol. The number of alkyl halides is 7. The van der Waals surface area contributed by atoms with Gasteiger partial charge in [-0.3, -0.25) is 0 Å². The van der Waals surface area contributed by atoms with Crippen molar-refractivity contribution in [3.8, 4) is 0 Å². The van der Waals surface area contributed by atoms with Gasteiger partial charge in [0.25, 0.3) is 0 Å². The van der Waals surface area contributed by atoms with Gasteiger partial charge < -0.3 is 0 Å². The zero-order chi connectivity index (χ0) is 10.5. The molecule has 0 N–H and O–H groups in total. The second-order valence-electron chi connectivity index (χ2n) is 2.62. The van der Waals surface area contributed by atoms with Crippen LogP contribution in [0.4, 0.5) is 30.7 Å². The van der Waals surface area contributed by atoms with E-state index >= 15 is 0 Å². The first-order valence-corrected chi connectivity index (χ1v) is 3.09. The summed E-state index contributed by atoms with van der Waals surface area (Å²) >= 11 is 0. The number of hydrogen-bond acceptors (Lipinski definition) is 0. The predicted molar refractivity (Wildman–Crippen MR) is 28.9 cm³/mol. The van der Waals surface area contributed by atoms with E-state index in [2.05, 4.69) is 0 Å². The smallest absolute Gasteiger partial charge is 0.233 e. The molecule has 0 aromatic carbocycles. The molecule has 0 aromatic heterocycles. The zero-order valence-electron chi connectivity index (χ0n) is 5.88. The van der Waals surface area contributed by atoms with Crippen LogP contribution in [0.25, 0.3) is 0 Å². The van der Waals surface area contributed by atoms with E-state index in [-0.39, 0.29) is 0 Å². The van der Waals surface area contributed by atoms with Gasteiger partial charge in [-0.25, -0.2) is 4.39 Å². The quantitative estimate of drug-likeness (QED) is 0.424. The lowest BCUT2D eigenvalue weighted by molar-refractivity contribution is -0.259. The third kappa shape index (κ3) is 1.30. The molecule has 0 spiro atoms. The molecule has 0 aliphatic heterocycles. The van der Waals surface area contributed by atoms with Crippen LogP contribution >= 0.6 is 0 Å². The van der Waals surface area contributed by atoms with Crippen molar-refractivity contribution in [1.29, 1.82) is 0 Å². The normalized spacial score (nSPS) is 34.5. The molecule has 0 heterocycles. The molecule has 0 fully saturated rings. The largest absolute Gasteiger partial charge is 0.350 e. The SMILES string of the molecule is FC1C(F)(F)C=CC(F)(F)C1(F)F. The van der Waals surface area contributed by atoms with Gasteiger partial charge in [-0.1, -0.05) is 0 Å². The van der Waals surface area contributed by atoms with E-state index in [0.29, 0.717) is 0 Å². The van der Waals surface area contributed by atoms with Crippen LogP contribution in [0, 0.1) is 0 Å². The van der Waals surface area contributed by atoms with Gasteiger partial charge in [0, 0.05) is 0 Å². The summed E-state index contributed by atoms with van der Waals surface area (Å²) in [5, 5.41) is 0. The maximum absolute atomic E-state index is 12.2. The van der Waals surface area contributed by atoms with Crippen LogP contribution in [-0.4, -0.2) is 23.9 Å². The Morgan fingerprint density at radius 3 is 1.69 bits per heavy atom. The molecule has 0 nitrogen and oxygen atoms in total. The van der Waals surface area contributed by atoms with Crippen molar-refractivity contribution in [2.75, 3.05) is 0 Å². The standard InChI is InChI=1S/C6H3F7/c7-3-4(8,9)1-2-5(10,11)6(3,12)13/h1-3H. The van der Waals surface area contributed by atoms with E-state index in [1.807, 2.05) is 0 Å². The molecule has 0 amide bonds. The maximum atomic E-state index is 12.2. The highest BCUT2D eigenvalue weighted by Gasteiger charge is 2.70. The Balaban J connectivity index is 3.17. The first-order chi connectivity index (χ1) is 5.61. The van der Waals surface area contributed by atoms with Crippen LogP contribution < -0.4 is 0 Å². The molecule has 0 bridgehead atoms. The summed E-state index contributed by atoms with van der Waals surface area (Å²) in [6.45, 7) is 0. The Morgan fingerprint density at radius 1 is 0.846 bits per heavy atom. The van der Waals surface area contributed by atoms with Crippen LogP contribution in [0.5, 0.6) is 0 Å². The van der Waals surface area contributed by atoms with Gasteiger partial charge >= 0.3 is 17.8 Å². The van der Waals surface area contributed by atoms with Crippen LogP contribution in [0.3, 0.4) is 0 Å². The number of hydrogen-bond donors (Lipinski definition) is 0. The number of allylic oxidation sites excluding steroid dienone is 2. The molecule has 76 valence electrons. The average Bonchev–Trinajstić information content (AvgIpc) is 1.97. The number of halogens is 7. The van der Waals surface area contributed by atoms with E-state index in [1.54, 1.807) is 0 Å². The van der Waals surface area contributed by atoms with Gasteiger partial charge in [0.1, 0.15) is 0 Å². The van der Waals surface area contributed by atoms with Gasteiger partial charge in [-0.05, 0) is 12.2 Å². The van der Waals surface area contributed by atoms with Gasteiger partial charge in [-0.2, -0.15) is 26.3 Å². The van der Waals surface area contributed by atoms with Gasteiger partial charge in [-0.15, -0.1) is 0 Å². The molecular weight excluding hydrogens is 205 g/mol. The first-order valence-electron chi connectivity index (χ1n) is 3.09. The van der Waals surface area contributed by atoms with Crippen molar-refractivity contribution >= 4 is 0 Å². The van der Waals surface area contributed by atoms with E-state index in [4.69, 9.17) is 0 Å². The second kappa shape index (κ2) is 2.39. The fourth-order valence-corrected chi connectivity index (χ4v) is 0.822. The van der Waals surface area contributed by atoms with Crippen LogP contribution in [-0.2, 0) is 0 Å². The summed E-state index contributed by atoms with van der Waals surface area (Å²) < 4.78 is 85.3. The third-order valence-electron chi connectivity index (χ3n) is 1.62. The lowest BCUT2D eigenvalue weighted by Gasteiger charge is -2.33. The van der Waals surface area contributed by atoms with E-state index in [9.17, 15) is 30.7 Å². The molecule has 1 unspecified atom stereocenters. The summed E-state index contributed by atoms with van der Waals surface area (Å²) in [5.74, 6) is -14.8. The Hall–Kier alpha value is -0.750. The van der Waals surface area contributed by atoms with E-state index in [0.717, 1.165) is 0 Å². The summed E-state index contributed by atoms with van der Waals surface area (Å²) in [5.41, 5.74) is 0. The molecule has 13 heavy (non-hydrogen) atoms. The summed E-state index contributed by atoms with van der Waals surface area (Å²) in [6, 6.07) is 0. The van der Waals surface area contributed by atoms with Crippen molar-refractivity contribution in [1.82, 2.24) is 0 Å². The van der Waals surface area contributed by atoms with Crippen molar-refractivity contribution in [3.05, 3.63) is 12.2 Å². The Labute approximate surface area is 68.0 Å². The maximum Gasteiger partial charge on any atom is 0.350 e. The minimum Gasteiger partial charge on any atom is -0.233 e. The van der Waals surface area contributed by atoms with Gasteiger partial charge in [0.15, 0.2) is 0 Å². The lowest BCUT2D eigenvalue weighted by atomic mass is 9.95. The number of rotatable bonds is 0. The van der Waals surface area contributed by atoms with Crippen molar-refractivity contribution in [3.63, 3.8) is 0 Å². The Morgan fingerprint density at radius 2 is 1.31 bits per heavy atom. The van der Waals surface area contributed by atoms with Crippen molar-refractivity contribution in [2.45, 2.75) is 23.9 Å². The van der Waals surface area contributed by atoms with Crippen LogP contribution in [0.2, 0.25) is 0 Å². The fraction of sp³-hybridized carbons (Fsp3) is 0.667. The fourth-order valence-electron chi connectivity index (χ4n) is 0.822. The van der Waals surface area contributed by atoms with Gasteiger partial charge in [0.05, 0.1) is 0 Å². The minimum atomic E-state index is -5.37. The Bertz CT molecular complexity index is 241. The predicted octanol–water partition coefficient (Wildman–Crippen LogP) is 2.80. The first kappa shape index (κ1) is 10.3. The van der Waals surface area contributed by atoms with Gasteiger partial charge in [0.2, 0.25) is 6.17 Å². The average molecular weight is 208 g/mol.